The van der Waals surface area contributed by atoms with Crippen molar-refractivity contribution in [3.05, 3.63) is 41.5 Å². The molecule has 4 nitrogen and oxygen atoms in total. The third-order valence-electron chi connectivity index (χ3n) is 1.73. The summed E-state index contributed by atoms with van der Waals surface area (Å²) < 4.78 is 0. The Bertz CT molecular complexity index is 415. The van der Waals surface area contributed by atoms with Gasteiger partial charge in [-0.1, -0.05) is 24.8 Å². The van der Waals surface area contributed by atoms with Crippen LogP contribution >= 0.6 is 0 Å². The predicted molar refractivity (Wildman–Crippen MR) is 45.2 cm³/mol. The SMILES string of the molecule is C=Cc1cc(C(=O)[O-])ccc1C(=O)[O-].[Na+].[Na+]. The third-order valence-corrected chi connectivity index (χ3v) is 1.73. The maximum atomic E-state index is 10.5. The zero-order valence-corrected chi connectivity index (χ0v) is 13.1. The first-order chi connectivity index (χ1) is 6.56. The second-order valence-electron chi connectivity index (χ2n) is 2.58. The molecule has 0 fully saturated rings. The Balaban J connectivity index is 0. The molecule has 0 saturated heterocycles. The molecule has 72 valence electrons. The number of carboxylic acid groups (broad SMARTS) is 2. The molecular weight excluding hydrogens is 230 g/mol. The number of carboxylic acids is 2. The second-order valence-corrected chi connectivity index (χ2v) is 2.58. The number of carbonyl (C=O) groups excluding carboxylic acids is 2. The maximum Gasteiger partial charge on any atom is 1.00 e. The van der Waals surface area contributed by atoms with Crippen LogP contribution in [0.15, 0.2) is 24.8 Å². The Labute approximate surface area is 137 Å². The topological polar surface area (TPSA) is 80.3 Å². The molecule has 1 aromatic rings. The van der Waals surface area contributed by atoms with Crippen LogP contribution in [0.5, 0.6) is 0 Å². The normalized spacial score (nSPS) is 8.25. The van der Waals surface area contributed by atoms with Crippen molar-refractivity contribution in [2.24, 2.45) is 0 Å². The van der Waals surface area contributed by atoms with Gasteiger partial charge in [0.15, 0.2) is 0 Å². The minimum absolute atomic E-state index is 0. The number of hydrogen-bond donors (Lipinski definition) is 0. The first kappa shape index (κ1) is 18.3. The van der Waals surface area contributed by atoms with Crippen LogP contribution in [-0.4, -0.2) is 11.9 Å². The summed E-state index contributed by atoms with van der Waals surface area (Å²) in [4.78, 5) is 21.0. The number of rotatable bonds is 3. The molecule has 16 heavy (non-hydrogen) atoms. The van der Waals surface area contributed by atoms with Crippen LogP contribution in [0.25, 0.3) is 6.08 Å². The maximum absolute atomic E-state index is 10.5. The molecule has 6 heteroatoms. The molecule has 0 bridgehead atoms. The van der Waals surface area contributed by atoms with Gasteiger partial charge in [-0.25, -0.2) is 0 Å². The number of aromatic carboxylic acids is 2. The first-order valence-corrected chi connectivity index (χ1v) is 3.75. The van der Waals surface area contributed by atoms with E-state index in [1.807, 2.05) is 0 Å². The molecule has 0 radical (unpaired) electrons. The van der Waals surface area contributed by atoms with Gasteiger partial charge in [-0.05, 0) is 17.2 Å². The van der Waals surface area contributed by atoms with Gasteiger partial charge in [-0.15, -0.1) is 0 Å². The Morgan fingerprint density at radius 2 is 1.69 bits per heavy atom. The Kier molecular flexibility index (Phi) is 9.20. The third kappa shape index (κ3) is 4.41. The first-order valence-electron chi connectivity index (χ1n) is 3.75. The molecule has 0 aromatic heterocycles. The van der Waals surface area contributed by atoms with Crippen LogP contribution in [0.3, 0.4) is 0 Å². The van der Waals surface area contributed by atoms with Crippen molar-refractivity contribution < 1.29 is 78.9 Å². The molecule has 0 N–H and O–H groups in total. The molecule has 0 aliphatic heterocycles. The van der Waals surface area contributed by atoms with Gasteiger partial charge in [-0.2, -0.15) is 0 Å². The standard InChI is InChI=1S/C10H8O4.2Na/c1-2-6-5-7(9(11)12)3-4-8(6)10(13)14;;/h2-5H,1H2,(H,11,12)(H,13,14);;/q;2*+1/p-2. The number of hydrogen-bond acceptors (Lipinski definition) is 4. The van der Waals surface area contributed by atoms with E-state index in [9.17, 15) is 19.8 Å². The van der Waals surface area contributed by atoms with Gasteiger partial charge < -0.3 is 19.8 Å². The Morgan fingerprint density at radius 1 is 1.12 bits per heavy atom. The van der Waals surface area contributed by atoms with E-state index >= 15 is 0 Å². The number of carbonyl (C=O) groups is 2. The van der Waals surface area contributed by atoms with Gasteiger partial charge in [0.25, 0.3) is 0 Å². The summed E-state index contributed by atoms with van der Waals surface area (Å²) in [5.41, 5.74) is 0.0154. The summed E-state index contributed by atoms with van der Waals surface area (Å²) in [5, 5.41) is 21.0. The smallest absolute Gasteiger partial charge is 0.545 e. The fourth-order valence-electron chi connectivity index (χ4n) is 1.04. The van der Waals surface area contributed by atoms with Gasteiger partial charge in [0.05, 0.1) is 11.9 Å². The van der Waals surface area contributed by atoms with Crippen LogP contribution in [-0.2, 0) is 0 Å². The molecule has 0 amide bonds. The monoisotopic (exact) mass is 236 g/mol. The molecule has 0 atom stereocenters. The van der Waals surface area contributed by atoms with Crippen LogP contribution in [0.2, 0.25) is 0 Å². The molecular formula is C10H6Na2O4. The zero-order valence-electron chi connectivity index (χ0n) is 9.15. The summed E-state index contributed by atoms with van der Waals surface area (Å²) in [6.07, 6.45) is 1.25. The molecule has 0 saturated carbocycles. The van der Waals surface area contributed by atoms with Crippen LogP contribution in [0, 0.1) is 0 Å². The summed E-state index contributed by atoms with van der Waals surface area (Å²) in [6.45, 7) is 3.37. The molecule has 0 heterocycles. The molecule has 1 aromatic carbocycles. The Hall–Kier alpha value is -0.1000. The van der Waals surface area contributed by atoms with Gasteiger partial charge in [-0.3, -0.25) is 0 Å². The minimum Gasteiger partial charge on any atom is -0.545 e. The van der Waals surface area contributed by atoms with Gasteiger partial charge in [0.2, 0.25) is 0 Å². The van der Waals surface area contributed by atoms with Crippen molar-refractivity contribution in [1.82, 2.24) is 0 Å². The Morgan fingerprint density at radius 3 is 2.06 bits per heavy atom. The summed E-state index contributed by atoms with van der Waals surface area (Å²) in [6, 6.07) is 3.47. The summed E-state index contributed by atoms with van der Waals surface area (Å²) in [7, 11) is 0. The molecule has 0 spiro atoms. The van der Waals surface area contributed by atoms with Crippen molar-refractivity contribution in [3.63, 3.8) is 0 Å². The predicted octanol–water partition coefficient (Wildman–Crippen LogP) is -6.94. The minimum atomic E-state index is -1.37. The van der Waals surface area contributed by atoms with Gasteiger partial charge >= 0.3 is 59.1 Å². The van der Waals surface area contributed by atoms with Crippen molar-refractivity contribution >= 4 is 18.0 Å². The molecule has 0 aliphatic carbocycles. The van der Waals surface area contributed by atoms with E-state index in [1.54, 1.807) is 0 Å². The average Bonchev–Trinajstić information content (AvgIpc) is 2.16. The molecule has 0 unspecified atom stereocenters. The largest absolute Gasteiger partial charge is 1.00 e. The fraction of sp³-hybridized carbons (Fsp3) is 0. The van der Waals surface area contributed by atoms with E-state index in [2.05, 4.69) is 6.58 Å². The van der Waals surface area contributed by atoms with E-state index in [1.165, 1.54) is 12.1 Å². The van der Waals surface area contributed by atoms with Crippen LogP contribution in [0.1, 0.15) is 26.3 Å². The van der Waals surface area contributed by atoms with Gasteiger partial charge in [0.1, 0.15) is 0 Å². The van der Waals surface area contributed by atoms with E-state index in [4.69, 9.17) is 0 Å². The van der Waals surface area contributed by atoms with Crippen LogP contribution in [0.4, 0.5) is 0 Å². The van der Waals surface area contributed by atoms with Crippen molar-refractivity contribution in [3.8, 4) is 0 Å². The molecule has 0 aliphatic rings. The van der Waals surface area contributed by atoms with Gasteiger partial charge in [0, 0.05) is 5.56 Å². The average molecular weight is 236 g/mol. The summed E-state index contributed by atoms with van der Waals surface area (Å²) >= 11 is 0. The van der Waals surface area contributed by atoms with E-state index in [0.29, 0.717) is 0 Å². The van der Waals surface area contributed by atoms with E-state index in [-0.39, 0.29) is 75.8 Å². The fourth-order valence-corrected chi connectivity index (χ4v) is 1.04. The summed E-state index contributed by atoms with van der Waals surface area (Å²) in [5.74, 6) is -2.73. The quantitative estimate of drug-likeness (QED) is 0.488. The zero-order chi connectivity index (χ0) is 10.7. The number of benzene rings is 1. The van der Waals surface area contributed by atoms with E-state index < -0.39 is 11.9 Å². The van der Waals surface area contributed by atoms with Crippen molar-refractivity contribution in [2.45, 2.75) is 0 Å². The van der Waals surface area contributed by atoms with E-state index in [0.717, 1.165) is 12.1 Å². The second kappa shape index (κ2) is 8.06. The van der Waals surface area contributed by atoms with Crippen molar-refractivity contribution in [2.75, 3.05) is 0 Å². The molecule has 1 rings (SSSR count). The van der Waals surface area contributed by atoms with Crippen molar-refractivity contribution in [1.29, 1.82) is 0 Å². The van der Waals surface area contributed by atoms with Crippen LogP contribution < -0.4 is 69.3 Å².